The molecule has 3 heterocycles. The Morgan fingerprint density at radius 2 is 1.23 bits per heavy atom. The van der Waals surface area contributed by atoms with Crippen LogP contribution in [-0.4, -0.2) is 14.5 Å². The van der Waals surface area contributed by atoms with Crippen molar-refractivity contribution < 1.29 is 0 Å². The van der Waals surface area contributed by atoms with Crippen LogP contribution in [0.2, 0.25) is 0 Å². The SMILES string of the molecule is c1cncc(-c2cccnc2-c2ccc(-n3c4ccccc4c4ccccc43)cc2)c1. The number of pyridine rings is 2. The summed E-state index contributed by atoms with van der Waals surface area (Å²) in [5.74, 6) is 0. The molecule has 6 rings (SSSR count). The van der Waals surface area contributed by atoms with Gasteiger partial charge in [-0.15, -0.1) is 0 Å². The Bertz CT molecular complexity index is 1460. The largest absolute Gasteiger partial charge is 0.309 e. The maximum Gasteiger partial charge on any atom is 0.0780 e. The van der Waals surface area contributed by atoms with Crippen LogP contribution in [0.5, 0.6) is 0 Å². The number of nitrogens with zero attached hydrogens (tertiary/aromatic N) is 3. The number of fused-ring (bicyclic) bond motifs is 3. The van der Waals surface area contributed by atoms with E-state index in [-0.39, 0.29) is 0 Å². The highest BCUT2D eigenvalue weighted by Crippen LogP contribution is 2.34. The molecule has 0 bridgehead atoms. The lowest BCUT2D eigenvalue weighted by molar-refractivity contribution is 1.18. The van der Waals surface area contributed by atoms with E-state index in [1.165, 1.54) is 21.8 Å². The number of hydrogen-bond acceptors (Lipinski definition) is 2. The van der Waals surface area contributed by atoms with Crippen LogP contribution in [0.25, 0.3) is 49.9 Å². The summed E-state index contributed by atoms with van der Waals surface area (Å²) in [6, 6.07) is 33.9. The van der Waals surface area contributed by atoms with Gasteiger partial charge in [0.2, 0.25) is 0 Å². The van der Waals surface area contributed by atoms with Crippen molar-refractivity contribution in [2.45, 2.75) is 0 Å². The lowest BCUT2D eigenvalue weighted by Gasteiger charge is -2.11. The van der Waals surface area contributed by atoms with Crippen LogP contribution in [0.1, 0.15) is 0 Å². The molecule has 31 heavy (non-hydrogen) atoms. The zero-order valence-electron chi connectivity index (χ0n) is 16.8. The monoisotopic (exact) mass is 397 g/mol. The number of hydrogen-bond donors (Lipinski definition) is 0. The maximum atomic E-state index is 4.68. The van der Waals surface area contributed by atoms with Crippen LogP contribution in [0, 0.1) is 0 Å². The number of para-hydroxylation sites is 2. The molecule has 0 aliphatic carbocycles. The Kier molecular flexibility index (Phi) is 4.10. The maximum absolute atomic E-state index is 4.68. The molecule has 0 saturated carbocycles. The molecule has 3 nitrogen and oxygen atoms in total. The number of benzene rings is 3. The molecule has 0 atom stereocenters. The third kappa shape index (κ3) is 2.90. The van der Waals surface area contributed by atoms with Gasteiger partial charge in [0, 0.05) is 51.7 Å². The fraction of sp³-hybridized carbons (Fsp3) is 0. The van der Waals surface area contributed by atoms with Crippen molar-refractivity contribution in [1.29, 1.82) is 0 Å². The van der Waals surface area contributed by atoms with Gasteiger partial charge in [-0.3, -0.25) is 9.97 Å². The molecular weight excluding hydrogens is 378 g/mol. The first kappa shape index (κ1) is 17.6. The average Bonchev–Trinajstić information content (AvgIpc) is 3.19. The third-order valence-electron chi connectivity index (χ3n) is 5.76. The summed E-state index contributed by atoms with van der Waals surface area (Å²) in [7, 11) is 0. The summed E-state index contributed by atoms with van der Waals surface area (Å²) in [6.07, 6.45) is 5.52. The highest BCUT2D eigenvalue weighted by atomic mass is 15.0. The van der Waals surface area contributed by atoms with Gasteiger partial charge in [-0.25, -0.2) is 0 Å². The fourth-order valence-electron chi connectivity index (χ4n) is 4.36. The lowest BCUT2D eigenvalue weighted by Crippen LogP contribution is -1.94. The van der Waals surface area contributed by atoms with E-state index in [0.29, 0.717) is 0 Å². The highest BCUT2D eigenvalue weighted by Gasteiger charge is 2.13. The van der Waals surface area contributed by atoms with Gasteiger partial charge in [-0.05, 0) is 36.4 Å². The van der Waals surface area contributed by atoms with E-state index < -0.39 is 0 Å². The van der Waals surface area contributed by atoms with Crippen molar-refractivity contribution in [2.75, 3.05) is 0 Å². The molecule has 0 unspecified atom stereocenters. The minimum Gasteiger partial charge on any atom is -0.309 e. The molecule has 0 radical (unpaired) electrons. The van der Waals surface area contributed by atoms with Crippen LogP contribution in [0.3, 0.4) is 0 Å². The zero-order valence-corrected chi connectivity index (χ0v) is 16.8. The first-order valence-electron chi connectivity index (χ1n) is 10.3. The normalized spacial score (nSPS) is 11.2. The first-order chi connectivity index (χ1) is 15.4. The predicted octanol–water partition coefficient (Wildman–Crippen LogP) is 6.91. The second-order valence-corrected chi connectivity index (χ2v) is 7.56. The quantitative estimate of drug-likeness (QED) is 0.325. The standard InChI is InChI=1S/C28H19N3/c1-3-11-26-24(8-1)25-9-2-4-12-27(25)31(26)22-15-13-20(14-16-22)28-23(10-6-18-30-28)21-7-5-17-29-19-21/h1-19H. The van der Waals surface area contributed by atoms with Crippen LogP contribution < -0.4 is 0 Å². The Morgan fingerprint density at radius 3 is 1.90 bits per heavy atom. The molecule has 0 aliphatic heterocycles. The average molecular weight is 397 g/mol. The summed E-state index contributed by atoms with van der Waals surface area (Å²) in [6.45, 7) is 0. The summed E-state index contributed by atoms with van der Waals surface area (Å²) in [4.78, 5) is 8.95. The molecule has 3 aromatic heterocycles. The topological polar surface area (TPSA) is 30.7 Å². The van der Waals surface area contributed by atoms with Gasteiger partial charge in [0.15, 0.2) is 0 Å². The third-order valence-corrected chi connectivity index (χ3v) is 5.76. The Labute approximate surface area is 180 Å². The van der Waals surface area contributed by atoms with E-state index in [9.17, 15) is 0 Å². The molecule has 0 amide bonds. The Hall–Kier alpha value is -4.24. The molecular formula is C28H19N3. The number of rotatable bonds is 3. The van der Waals surface area contributed by atoms with E-state index in [0.717, 1.165) is 28.1 Å². The van der Waals surface area contributed by atoms with Crippen molar-refractivity contribution in [2.24, 2.45) is 0 Å². The molecule has 0 aliphatic rings. The molecule has 3 aromatic carbocycles. The van der Waals surface area contributed by atoms with Crippen LogP contribution >= 0.6 is 0 Å². The van der Waals surface area contributed by atoms with Crippen molar-refractivity contribution in [3.05, 3.63) is 116 Å². The number of aromatic nitrogens is 3. The lowest BCUT2D eigenvalue weighted by atomic mass is 10.0. The summed E-state index contributed by atoms with van der Waals surface area (Å²) >= 11 is 0. The van der Waals surface area contributed by atoms with Gasteiger partial charge in [0.1, 0.15) is 0 Å². The zero-order chi connectivity index (χ0) is 20.6. The molecule has 0 fully saturated rings. The Balaban J connectivity index is 1.50. The van der Waals surface area contributed by atoms with Crippen LogP contribution in [0.4, 0.5) is 0 Å². The molecule has 3 heteroatoms. The molecule has 146 valence electrons. The first-order valence-corrected chi connectivity index (χ1v) is 10.3. The summed E-state index contributed by atoms with van der Waals surface area (Å²) < 4.78 is 2.33. The minimum atomic E-state index is 0.962. The predicted molar refractivity (Wildman–Crippen MR) is 127 cm³/mol. The van der Waals surface area contributed by atoms with E-state index in [1.807, 2.05) is 24.5 Å². The van der Waals surface area contributed by atoms with Gasteiger partial charge >= 0.3 is 0 Å². The van der Waals surface area contributed by atoms with Gasteiger partial charge in [0.25, 0.3) is 0 Å². The van der Waals surface area contributed by atoms with Crippen molar-refractivity contribution in [1.82, 2.24) is 14.5 Å². The van der Waals surface area contributed by atoms with Gasteiger partial charge in [-0.2, -0.15) is 0 Å². The van der Waals surface area contributed by atoms with Crippen molar-refractivity contribution >= 4 is 21.8 Å². The van der Waals surface area contributed by atoms with Gasteiger partial charge in [0.05, 0.1) is 16.7 Å². The smallest absolute Gasteiger partial charge is 0.0780 e. The van der Waals surface area contributed by atoms with Gasteiger partial charge < -0.3 is 4.57 Å². The highest BCUT2D eigenvalue weighted by molar-refractivity contribution is 6.09. The van der Waals surface area contributed by atoms with Crippen molar-refractivity contribution in [3.63, 3.8) is 0 Å². The molecule has 6 aromatic rings. The second-order valence-electron chi connectivity index (χ2n) is 7.56. The summed E-state index contributed by atoms with van der Waals surface area (Å²) in [5.41, 5.74) is 7.77. The van der Waals surface area contributed by atoms with E-state index in [4.69, 9.17) is 0 Å². The Morgan fingerprint density at radius 1 is 0.548 bits per heavy atom. The van der Waals surface area contributed by atoms with E-state index in [2.05, 4.69) is 99.5 Å². The van der Waals surface area contributed by atoms with Crippen LogP contribution in [-0.2, 0) is 0 Å². The second kappa shape index (κ2) is 7.22. The summed E-state index contributed by atoms with van der Waals surface area (Å²) in [5, 5.41) is 2.54. The van der Waals surface area contributed by atoms with E-state index >= 15 is 0 Å². The van der Waals surface area contributed by atoms with E-state index in [1.54, 1.807) is 6.20 Å². The van der Waals surface area contributed by atoms with Crippen molar-refractivity contribution in [3.8, 4) is 28.1 Å². The van der Waals surface area contributed by atoms with Crippen LogP contribution in [0.15, 0.2) is 116 Å². The minimum absolute atomic E-state index is 0.962. The van der Waals surface area contributed by atoms with Gasteiger partial charge in [-0.1, -0.05) is 60.7 Å². The fourth-order valence-corrected chi connectivity index (χ4v) is 4.36. The molecule has 0 spiro atoms. The molecule has 0 N–H and O–H groups in total. The molecule has 0 saturated heterocycles.